The highest BCUT2D eigenvalue weighted by molar-refractivity contribution is 5.96. The summed E-state index contributed by atoms with van der Waals surface area (Å²) in [4.78, 5) is 22.6. The molecule has 0 N–H and O–H groups in total. The molecule has 0 atom stereocenters. The second-order valence-corrected chi connectivity index (χ2v) is 5.26. The maximum absolute atomic E-state index is 11.3. The van der Waals surface area contributed by atoms with E-state index in [1.165, 1.54) is 12.8 Å². The summed E-state index contributed by atoms with van der Waals surface area (Å²) in [6.45, 7) is 5.99. The molecule has 0 heterocycles. The van der Waals surface area contributed by atoms with Gasteiger partial charge in [0.2, 0.25) is 0 Å². The van der Waals surface area contributed by atoms with Crippen molar-refractivity contribution in [1.29, 1.82) is 0 Å². The van der Waals surface area contributed by atoms with Gasteiger partial charge >= 0.3 is 5.97 Å². The number of carbonyl (C=O) groups excluding carboxylic acids is 2. The van der Waals surface area contributed by atoms with E-state index in [1.54, 1.807) is 20.8 Å². The van der Waals surface area contributed by atoms with Gasteiger partial charge < -0.3 is 9.47 Å². The number of esters is 1. The molecule has 1 aliphatic rings. The van der Waals surface area contributed by atoms with Gasteiger partial charge in [-0.25, -0.2) is 0 Å². The highest BCUT2D eigenvalue weighted by Gasteiger charge is 2.22. The predicted octanol–water partition coefficient (Wildman–Crippen LogP) is 1.71. The summed E-state index contributed by atoms with van der Waals surface area (Å²) in [5.41, 5.74) is -0.535. The number of hydrogen-bond donors (Lipinski definition) is 0. The summed E-state index contributed by atoms with van der Waals surface area (Å²) in [5, 5.41) is 0. The minimum absolute atomic E-state index is 0.0236. The first-order valence-electron chi connectivity index (χ1n) is 5.68. The van der Waals surface area contributed by atoms with E-state index in [-0.39, 0.29) is 18.8 Å². The third-order valence-corrected chi connectivity index (χ3v) is 2.08. The first-order chi connectivity index (χ1) is 7.37. The van der Waals surface area contributed by atoms with Crippen molar-refractivity contribution in [1.82, 2.24) is 0 Å². The first-order valence-corrected chi connectivity index (χ1v) is 5.68. The van der Waals surface area contributed by atoms with Crippen LogP contribution in [0.3, 0.4) is 0 Å². The lowest BCUT2D eigenvalue weighted by Crippen LogP contribution is -2.26. The Hall–Kier alpha value is -0.900. The zero-order chi connectivity index (χ0) is 12.2. The van der Waals surface area contributed by atoms with E-state index in [4.69, 9.17) is 9.47 Å². The van der Waals surface area contributed by atoms with Crippen LogP contribution >= 0.6 is 0 Å². The molecular weight excluding hydrogens is 208 g/mol. The molecule has 0 saturated heterocycles. The molecule has 16 heavy (non-hydrogen) atoms. The molecule has 1 saturated carbocycles. The first kappa shape index (κ1) is 13.2. The predicted molar refractivity (Wildman–Crippen MR) is 59.0 cm³/mol. The lowest BCUT2D eigenvalue weighted by Gasteiger charge is -2.19. The number of carbonyl (C=O) groups is 2. The zero-order valence-electron chi connectivity index (χ0n) is 10.2. The number of hydrogen-bond acceptors (Lipinski definition) is 4. The second-order valence-electron chi connectivity index (χ2n) is 5.26. The standard InChI is InChI=1S/C12H20O4/c1-12(2,3)16-11(14)6-10(13)8-15-7-9-4-5-9/h9H,4-8H2,1-3H3. The Kier molecular flexibility index (Phi) is 4.47. The molecule has 0 aromatic heterocycles. The Morgan fingerprint density at radius 3 is 2.38 bits per heavy atom. The molecule has 4 nitrogen and oxygen atoms in total. The molecule has 0 aromatic rings. The Bertz CT molecular complexity index is 261. The monoisotopic (exact) mass is 228 g/mol. The maximum Gasteiger partial charge on any atom is 0.313 e. The van der Waals surface area contributed by atoms with Crippen molar-refractivity contribution < 1.29 is 19.1 Å². The normalized spacial score (nSPS) is 15.9. The van der Waals surface area contributed by atoms with Crippen LogP contribution in [0.25, 0.3) is 0 Å². The van der Waals surface area contributed by atoms with Gasteiger partial charge in [-0.2, -0.15) is 0 Å². The number of ketones is 1. The quantitative estimate of drug-likeness (QED) is 0.513. The van der Waals surface area contributed by atoms with Crippen LogP contribution in [0.5, 0.6) is 0 Å². The minimum Gasteiger partial charge on any atom is -0.460 e. The molecular formula is C12H20O4. The van der Waals surface area contributed by atoms with Crippen LogP contribution in [-0.2, 0) is 19.1 Å². The molecule has 0 bridgehead atoms. The van der Waals surface area contributed by atoms with Crippen molar-refractivity contribution in [2.75, 3.05) is 13.2 Å². The number of ether oxygens (including phenoxy) is 2. The number of Topliss-reactive ketones (excluding diaryl/α,β-unsaturated/α-hetero) is 1. The average molecular weight is 228 g/mol. The minimum atomic E-state index is -0.535. The van der Waals surface area contributed by atoms with Crippen LogP contribution < -0.4 is 0 Å². The molecule has 0 spiro atoms. The lowest BCUT2D eigenvalue weighted by molar-refractivity contribution is -0.156. The Morgan fingerprint density at radius 1 is 1.25 bits per heavy atom. The molecule has 0 aromatic carbocycles. The summed E-state index contributed by atoms with van der Waals surface area (Å²) in [7, 11) is 0. The highest BCUT2D eigenvalue weighted by Crippen LogP contribution is 2.28. The summed E-state index contributed by atoms with van der Waals surface area (Å²) >= 11 is 0. The highest BCUT2D eigenvalue weighted by atomic mass is 16.6. The third-order valence-electron chi connectivity index (χ3n) is 2.08. The summed E-state index contributed by atoms with van der Waals surface area (Å²) < 4.78 is 10.2. The van der Waals surface area contributed by atoms with Gasteiger partial charge in [-0.05, 0) is 39.5 Å². The van der Waals surface area contributed by atoms with Crippen molar-refractivity contribution in [2.24, 2.45) is 5.92 Å². The average Bonchev–Trinajstić information content (AvgIpc) is 2.83. The topological polar surface area (TPSA) is 52.6 Å². The van der Waals surface area contributed by atoms with Crippen LogP contribution in [0.4, 0.5) is 0 Å². The second kappa shape index (κ2) is 5.43. The van der Waals surface area contributed by atoms with Crippen molar-refractivity contribution in [3.8, 4) is 0 Å². The van der Waals surface area contributed by atoms with E-state index >= 15 is 0 Å². The largest absolute Gasteiger partial charge is 0.460 e. The molecule has 4 heteroatoms. The Labute approximate surface area is 96.3 Å². The van der Waals surface area contributed by atoms with E-state index in [1.807, 2.05) is 0 Å². The van der Waals surface area contributed by atoms with Crippen molar-refractivity contribution in [3.05, 3.63) is 0 Å². The summed E-state index contributed by atoms with van der Waals surface area (Å²) in [5.74, 6) is -0.0586. The van der Waals surface area contributed by atoms with E-state index in [0.29, 0.717) is 12.5 Å². The molecule has 1 fully saturated rings. The van der Waals surface area contributed by atoms with Gasteiger partial charge in [-0.3, -0.25) is 9.59 Å². The molecule has 1 rings (SSSR count). The molecule has 0 aliphatic heterocycles. The van der Waals surface area contributed by atoms with Crippen molar-refractivity contribution in [3.63, 3.8) is 0 Å². The fourth-order valence-electron chi connectivity index (χ4n) is 1.21. The third kappa shape index (κ3) is 6.56. The van der Waals surface area contributed by atoms with Crippen molar-refractivity contribution in [2.45, 2.75) is 45.6 Å². The number of rotatable bonds is 6. The summed E-state index contributed by atoms with van der Waals surface area (Å²) in [6.07, 6.45) is 2.20. The molecule has 1 aliphatic carbocycles. The van der Waals surface area contributed by atoms with Gasteiger partial charge in [0, 0.05) is 6.61 Å². The molecule has 0 amide bonds. The maximum atomic E-state index is 11.3. The lowest BCUT2D eigenvalue weighted by atomic mass is 10.2. The van der Waals surface area contributed by atoms with E-state index in [2.05, 4.69) is 0 Å². The van der Waals surface area contributed by atoms with Crippen LogP contribution in [0, 0.1) is 5.92 Å². The Morgan fingerprint density at radius 2 is 1.88 bits per heavy atom. The van der Waals surface area contributed by atoms with Crippen LogP contribution in [0.2, 0.25) is 0 Å². The molecule has 0 radical (unpaired) electrons. The van der Waals surface area contributed by atoms with Gasteiger partial charge in [0.25, 0.3) is 0 Å². The molecule has 92 valence electrons. The SMILES string of the molecule is CC(C)(C)OC(=O)CC(=O)COCC1CC1. The van der Waals surface area contributed by atoms with E-state index < -0.39 is 11.6 Å². The van der Waals surface area contributed by atoms with Gasteiger partial charge in [0.15, 0.2) is 5.78 Å². The van der Waals surface area contributed by atoms with Gasteiger partial charge in [0.05, 0.1) is 0 Å². The molecule has 0 unspecified atom stereocenters. The van der Waals surface area contributed by atoms with Crippen molar-refractivity contribution >= 4 is 11.8 Å². The van der Waals surface area contributed by atoms with E-state index in [0.717, 1.165) is 0 Å². The van der Waals surface area contributed by atoms with E-state index in [9.17, 15) is 9.59 Å². The van der Waals surface area contributed by atoms with Crippen LogP contribution in [0.1, 0.15) is 40.0 Å². The zero-order valence-corrected chi connectivity index (χ0v) is 10.2. The van der Waals surface area contributed by atoms with Crippen LogP contribution in [-0.4, -0.2) is 30.6 Å². The van der Waals surface area contributed by atoms with Gasteiger partial charge in [-0.1, -0.05) is 0 Å². The van der Waals surface area contributed by atoms with Gasteiger partial charge in [0.1, 0.15) is 18.6 Å². The Balaban J connectivity index is 2.09. The van der Waals surface area contributed by atoms with Gasteiger partial charge in [-0.15, -0.1) is 0 Å². The smallest absolute Gasteiger partial charge is 0.313 e. The fourth-order valence-corrected chi connectivity index (χ4v) is 1.21. The summed E-state index contributed by atoms with van der Waals surface area (Å²) in [6, 6.07) is 0. The van der Waals surface area contributed by atoms with Crippen LogP contribution in [0.15, 0.2) is 0 Å². The fraction of sp³-hybridized carbons (Fsp3) is 0.833.